The molecular formula is C14H19BrN2O3. The fourth-order valence-corrected chi connectivity index (χ4v) is 1.97. The minimum Gasteiger partial charge on any atom is -0.468 e. The lowest BCUT2D eigenvalue weighted by Gasteiger charge is -2.18. The molecule has 1 N–H and O–H groups in total. The Morgan fingerprint density at radius 1 is 1.30 bits per heavy atom. The van der Waals surface area contributed by atoms with E-state index in [0.717, 1.165) is 10.0 Å². The maximum atomic E-state index is 11.9. The van der Waals surface area contributed by atoms with Crippen molar-refractivity contribution in [3.8, 4) is 0 Å². The molecule has 0 fully saturated rings. The fraction of sp³-hybridized carbons (Fsp3) is 0.429. The number of likely N-dealkylation sites (N-methyl/N-ethyl adjacent to an activating group) is 1. The highest BCUT2D eigenvalue weighted by molar-refractivity contribution is 9.10. The normalized spacial score (nSPS) is 12.1. The first kappa shape index (κ1) is 16.7. The zero-order valence-corrected chi connectivity index (χ0v) is 13.4. The number of hydrogen-bond acceptors (Lipinski definition) is 4. The quantitative estimate of drug-likeness (QED) is 0.800. The summed E-state index contributed by atoms with van der Waals surface area (Å²) < 4.78 is 5.55. The summed E-state index contributed by atoms with van der Waals surface area (Å²) in [7, 11) is 3.02. The molecule has 0 radical (unpaired) electrons. The topological polar surface area (TPSA) is 58.6 Å². The molecule has 20 heavy (non-hydrogen) atoms. The van der Waals surface area contributed by atoms with Crippen molar-refractivity contribution < 1.29 is 14.3 Å². The predicted molar refractivity (Wildman–Crippen MR) is 80.2 cm³/mol. The van der Waals surface area contributed by atoms with Crippen LogP contribution in [0.2, 0.25) is 0 Å². The Morgan fingerprint density at radius 3 is 2.45 bits per heavy atom. The molecule has 0 bridgehead atoms. The largest absolute Gasteiger partial charge is 0.468 e. The second-order valence-corrected chi connectivity index (χ2v) is 5.50. The van der Waals surface area contributed by atoms with E-state index >= 15 is 0 Å². The van der Waals surface area contributed by atoms with Crippen LogP contribution in [-0.4, -0.2) is 44.0 Å². The van der Waals surface area contributed by atoms with Gasteiger partial charge in [-0.3, -0.25) is 14.5 Å². The van der Waals surface area contributed by atoms with Crippen LogP contribution in [-0.2, 0) is 14.3 Å². The van der Waals surface area contributed by atoms with Crippen LogP contribution in [0.1, 0.15) is 18.5 Å². The van der Waals surface area contributed by atoms with Gasteiger partial charge in [-0.1, -0.05) is 28.1 Å². The molecular weight excluding hydrogens is 324 g/mol. The van der Waals surface area contributed by atoms with Gasteiger partial charge in [0.1, 0.15) is 0 Å². The van der Waals surface area contributed by atoms with Crippen LogP contribution in [0.4, 0.5) is 0 Å². The highest BCUT2D eigenvalue weighted by atomic mass is 79.9. The van der Waals surface area contributed by atoms with Crippen molar-refractivity contribution in [3.63, 3.8) is 0 Å². The number of nitrogens with one attached hydrogen (secondary N) is 1. The maximum absolute atomic E-state index is 11.9. The zero-order valence-electron chi connectivity index (χ0n) is 11.9. The van der Waals surface area contributed by atoms with Crippen LogP contribution >= 0.6 is 15.9 Å². The predicted octanol–water partition coefficient (Wildman–Crippen LogP) is 1.73. The summed E-state index contributed by atoms with van der Waals surface area (Å²) in [6.45, 7) is 2.16. The molecule has 0 spiro atoms. The van der Waals surface area contributed by atoms with Crippen molar-refractivity contribution >= 4 is 27.8 Å². The monoisotopic (exact) mass is 342 g/mol. The lowest BCUT2D eigenvalue weighted by Crippen LogP contribution is -2.38. The molecule has 6 heteroatoms. The van der Waals surface area contributed by atoms with Crippen molar-refractivity contribution in [2.75, 3.05) is 27.2 Å². The number of amides is 1. The van der Waals surface area contributed by atoms with Crippen LogP contribution in [0.3, 0.4) is 0 Å². The van der Waals surface area contributed by atoms with E-state index in [1.165, 1.54) is 7.11 Å². The van der Waals surface area contributed by atoms with Gasteiger partial charge in [-0.2, -0.15) is 0 Å². The SMILES string of the molecule is COC(=O)CN(C)CC(=O)NC(C)c1ccc(Br)cc1. The number of rotatable bonds is 6. The maximum Gasteiger partial charge on any atom is 0.319 e. The van der Waals surface area contributed by atoms with E-state index in [1.807, 2.05) is 31.2 Å². The van der Waals surface area contributed by atoms with Crippen LogP contribution in [0, 0.1) is 0 Å². The number of benzene rings is 1. The van der Waals surface area contributed by atoms with Crippen molar-refractivity contribution in [3.05, 3.63) is 34.3 Å². The Labute approximate surface area is 127 Å². The molecule has 5 nitrogen and oxygen atoms in total. The minimum absolute atomic E-state index is 0.0814. The molecule has 0 aliphatic carbocycles. The molecule has 1 amide bonds. The molecule has 0 aliphatic rings. The number of carbonyl (C=O) groups excluding carboxylic acids is 2. The van der Waals surface area contributed by atoms with Gasteiger partial charge in [0.25, 0.3) is 0 Å². The molecule has 1 aromatic carbocycles. The van der Waals surface area contributed by atoms with E-state index in [9.17, 15) is 9.59 Å². The van der Waals surface area contributed by atoms with Gasteiger partial charge in [0.2, 0.25) is 5.91 Å². The van der Waals surface area contributed by atoms with Gasteiger partial charge in [0.15, 0.2) is 0 Å². The number of carbonyl (C=O) groups is 2. The van der Waals surface area contributed by atoms with Crippen molar-refractivity contribution in [1.29, 1.82) is 0 Å². The van der Waals surface area contributed by atoms with Gasteiger partial charge in [-0.15, -0.1) is 0 Å². The summed E-state index contributed by atoms with van der Waals surface area (Å²) in [4.78, 5) is 24.5. The Kier molecular flexibility index (Phi) is 6.67. The van der Waals surface area contributed by atoms with Crippen molar-refractivity contribution in [2.45, 2.75) is 13.0 Å². The third-order valence-corrected chi connectivity index (χ3v) is 3.32. The van der Waals surface area contributed by atoms with Gasteiger partial charge < -0.3 is 10.1 Å². The van der Waals surface area contributed by atoms with Crippen molar-refractivity contribution in [2.24, 2.45) is 0 Å². The van der Waals surface area contributed by atoms with E-state index in [2.05, 4.69) is 26.0 Å². The van der Waals surface area contributed by atoms with E-state index in [0.29, 0.717) is 0 Å². The van der Waals surface area contributed by atoms with Gasteiger partial charge in [-0.25, -0.2) is 0 Å². The second kappa shape index (κ2) is 8.01. The molecule has 1 atom stereocenters. The van der Waals surface area contributed by atoms with E-state index in [1.54, 1.807) is 11.9 Å². The molecule has 1 unspecified atom stereocenters. The van der Waals surface area contributed by atoms with Gasteiger partial charge in [0, 0.05) is 4.47 Å². The third-order valence-electron chi connectivity index (χ3n) is 2.79. The molecule has 0 saturated heterocycles. The Hall–Kier alpha value is -1.40. The number of nitrogens with zero attached hydrogens (tertiary/aromatic N) is 1. The standard InChI is InChI=1S/C14H19BrN2O3/c1-10(11-4-6-12(15)7-5-11)16-13(18)8-17(2)9-14(19)20-3/h4-7,10H,8-9H2,1-3H3,(H,16,18). The summed E-state index contributed by atoms with van der Waals surface area (Å²) in [6.07, 6.45) is 0. The second-order valence-electron chi connectivity index (χ2n) is 4.59. The first-order valence-electron chi connectivity index (χ1n) is 6.22. The van der Waals surface area contributed by atoms with E-state index in [4.69, 9.17) is 0 Å². The summed E-state index contributed by atoms with van der Waals surface area (Å²) in [5, 5.41) is 2.89. The molecule has 0 saturated carbocycles. The molecule has 0 aliphatic heterocycles. The fourth-order valence-electron chi connectivity index (χ4n) is 1.71. The van der Waals surface area contributed by atoms with Crippen LogP contribution in [0.15, 0.2) is 28.7 Å². The number of methoxy groups -OCH3 is 1. The summed E-state index contributed by atoms with van der Waals surface area (Å²) in [6, 6.07) is 7.69. The lowest BCUT2D eigenvalue weighted by molar-refractivity contribution is -0.141. The highest BCUT2D eigenvalue weighted by Crippen LogP contribution is 2.16. The van der Waals surface area contributed by atoms with Crippen LogP contribution < -0.4 is 5.32 Å². The van der Waals surface area contributed by atoms with Gasteiger partial charge in [-0.05, 0) is 31.7 Å². The summed E-state index contributed by atoms with van der Waals surface area (Å²) in [5.41, 5.74) is 1.03. The summed E-state index contributed by atoms with van der Waals surface area (Å²) in [5.74, 6) is -0.493. The Morgan fingerprint density at radius 2 is 1.90 bits per heavy atom. The summed E-state index contributed by atoms with van der Waals surface area (Å²) >= 11 is 3.37. The van der Waals surface area contributed by atoms with E-state index < -0.39 is 0 Å². The average Bonchev–Trinajstić information content (AvgIpc) is 2.38. The van der Waals surface area contributed by atoms with Crippen LogP contribution in [0.5, 0.6) is 0 Å². The van der Waals surface area contributed by atoms with E-state index in [-0.39, 0.29) is 31.0 Å². The van der Waals surface area contributed by atoms with Crippen LogP contribution in [0.25, 0.3) is 0 Å². The lowest BCUT2D eigenvalue weighted by atomic mass is 10.1. The molecule has 1 rings (SSSR count). The number of ether oxygens (including phenoxy) is 1. The zero-order chi connectivity index (χ0) is 15.1. The highest BCUT2D eigenvalue weighted by Gasteiger charge is 2.13. The molecule has 0 heterocycles. The number of esters is 1. The smallest absolute Gasteiger partial charge is 0.319 e. The van der Waals surface area contributed by atoms with Gasteiger partial charge >= 0.3 is 5.97 Å². The first-order chi connectivity index (χ1) is 9.42. The third kappa shape index (κ3) is 5.71. The first-order valence-corrected chi connectivity index (χ1v) is 7.02. The molecule has 110 valence electrons. The number of hydrogen-bond donors (Lipinski definition) is 1. The molecule has 0 aromatic heterocycles. The van der Waals surface area contributed by atoms with Crippen molar-refractivity contribution in [1.82, 2.24) is 10.2 Å². The number of halogens is 1. The molecule has 1 aromatic rings. The van der Waals surface area contributed by atoms with Gasteiger partial charge in [0.05, 0.1) is 26.2 Å². The Bertz CT molecular complexity index is 462. The average molecular weight is 343 g/mol. The minimum atomic E-state index is -0.360. The Balaban J connectivity index is 2.45.